The first-order valence-corrected chi connectivity index (χ1v) is 6.37. The molecule has 1 aliphatic heterocycles. The van der Waals surface area contributed by atoms with Crippen molar-refractivity contribution >= 4 is 18.3 Å². The summed E-state index contributed by atoms with van der Waals surface area (Å²) in [5.41, 5.74) is 6.67. The van der Waals surface area contributed by atoms with Crippen LogP contribution in [0.5, 0.6) is 0 Å². The van der Waals surface area contributed by atoms with Crippen LogP contribution in [-0.4, -0.2) is 37.0 Å². The molecule has 1 aromatic rings. The molecule has 1 aliphatic rings. The van der Waals surface area contributed by atoms with E-state index in [9.17, 15) is 4.79 Å². The zero-order valence-electron chi connectivity index (χ0n) is 11.1. The van der Waals surface area contributed by atoms with Crippen molar-refractivity contribution in [3.05, 3.63) is 35.9 Å². The number of carbonyl (C=O) groups is 1. The first-order valence-electron chi connectivity index (χ1n) is 6.37. The van der Waals surface area contributed by atoms with Crippen LogP contribution >= 0.6 is 12.4 Å². The summed E-state index contributed by atoms with van der Waals surface area (Å²) in [5.74, 6) is 0.0151. The lowest BCUT2D eigenvalue weighted by atomic mass is 10.1. The van der Waals surface area contributed by atoms with Gasteiger partial charge in [-0.05, 0) is 5.56 Å². The molecule has 1 amide bonds. The second-order valence-corrected chi connectivity index (χ2v) is 4.69. The van der Waals surface area contributed by atoms with Crippen molar-refractivity contribution in [3.8, 4) is 0 Å². The Hall–Kier alpha value is -1.10. The highest BCUT2D eigenvalue weighted by Crippen LogP contribution is 2.22. The van der Waals surface area contributed by atoms with Crippen LogP contribution in [0.25, 0.3) is 0 Å². The summed E-state index contributed by atoms with van der Waals surface area (Å²) in [6, 6.07) is 10.0. The van der Waals surface area contributed by atoms with Gasteiger partial charge in [0, 0.05) is 19.0 Å². The molecule has 0 saturated carbocycles. The monoisotopic (exact) mass is 284 g/mol. The Morgan fingerprint density at radius 3 is 2.79 bits per heavy atom. The van der Waals surface area contributed by atoms with E-state index in [2.05, 4.69) is 0 Å². The fraction of sp³-hybridized carbons (Fsp3) is 0.500. The predicted molar refractivity (Wildman–Crippen MR) is 77.2 cm³/mol. The van der Waals surface area contributed by atoms with E-state index in [1.54, 1.807) is 0 Å². The van der Waals surface area contributed by atoms with Gasteiger partial charge in [-0.3, -0.25) is 4.79 Å². The van der Waals surface area contributed by atoms with Crippen LogP contribution in [0.2, 0.25) is 0 Å². The van der Waals surface area contributed by atoms with Gasteiger partial charge in [-0.1, -0.05) is 37.3 Å². The average molecular weight is 285 g/mol. The fourth-order valence-electron chi connectivity index (χ4n) is 2.13. The summed E-state index contributed by atoms with van der Waals surface area (Å²) in [7, 11) is 0. The molecule has 5 heteroatoms. The SMILES string of the molecule is CC(CN)C(=O)N1CCOC(c2ccccc2)C1.Cl. The molecule has 0 aromatic heterocycles. The number of rotatable bonds is 3. The third-order valence-corrected chi connectivity index (χ3v) is 3.32. The molecule has 1 aromatic carbocycles. The Bertz CT molecular complexity index is 400. The van der Waals surface area contributed by atoms with Gasteiger partial charge in [0.25, 0.3) is 0 Å². The third kappa shape index (κ3) is 3.93. The molecule has 106 valence electrons. The minimum atomic E-state index is -0.112. The van der Waals surface area contributed by atoms with E-state index < -0.39 is 0 Å². The van der Waals surface area contributed by atoms with E-state index in [0.717, 1.165) is 5.56 Å². The number of nitrogens with two attached hydrogens (primary N) is 1. The Morgan fingerprint density at radius 1 is 1.47 bits per heavy atom. The van der Waals surface area contributed by atoms with Crippen molar-refractivity contribution in [1.82, 2.24) is 4.90 Å². The van der Waals surface area contributed by atoms with Gasteiger partial charge in [0.15, 0.2) is 0 Å². The third-order valence-electron chi connectivity index (χ3n) is 3.32. The largest absolute Gasteiger partial charge is 0.370 e. The molecule has 19 heavy (non-hydrogen) atoms. The summed E-state index contributed by atoms with van der Waals surface area (Å²) in [4.78, 5) is 14.0. The summed E-state index contributed by atoms with van der Waals surface area (Å²) >= 11 is 0. The van der Waals surface area contributed by atoms with Gasteiger partial charge in [0.1, 0.15) is 6.10 Å². The number of morpholine rings is 1. The lowest BCUT2D eigenvalue weighted by Gasteiger charge is -2.34. The highest BCUT2D eigenvalue weighted by atomic mass is 35.5. The quantitative estimate of drug-likeness (QED) is 0.917. The van der Waals surface area contributed by atoms with E-state index in [0.29, 0.717) is 26.2 Å². The second-order valence-electron chi connectivity index (χ2n) is 4.69. The molecule has 1 heterocycles. The van der Waals surface area contributed by atoms with Gasteiger partial charge in [0.05, 0.1) is 13.2 Å². The van der Waals surface area contributed by atoms with Crippen molar-refractivity contribution in [3.63, 3.8) is 0 Å². The maximum absolute atomic E-state index is 12.1. The molecule has 2 atom stereocenters. The first kappa shape index (κ1) is 16.0. The summed E-state index contributed by atoms with van der Waals surface area (Å²) in [6.45, 7) is 4.13. The molecule has 0 radical (unpaired) electrons. The Balaban J connectivity index is 0.00000180. The number of amides is 1. The highest BCUT2D eigenvalue weighted by molar-refractivity contribution is 5.85. The van der Waals surface area contributed by atoms with Gasteiger partial charge in [-0.15, -0.1) is 12.4 Å². The minimum Gasteiger partial charge on any atom is -0.370 e. The van der Waals surface area contributed by atoms with E-state index >= 15 is 0 Å². The maximum Gasteiger partial charge on any atom is 0.226 e. The lowest BCUT2D eigenvalue weighted by Crippen LogP contribution is -2.45. The molecule has 1 saturated heterocycles. The molecule has 4 nitrogen and oxygen atoms in total. The number of ether oxygens (including phenoxy) is 1. The molecule has 2 rings (SSSR count). The zero-order valence-corrected chi connectivity index (χ0v) is 11.9. The van der Waals surface area contributed by atoms with Gasteiger partial charge < -0.3 is 15.4 Å². The summed E-state index contributed by atoms with van der Waals surface area (Å²) < 4.78 is 5.73. The van der Waals surface area contributed by atoms with Gasteiger partial charge in [-0.25, -0.2) is 0 Å². The maximum atomic E-state index is 12.1. The average Bonchev–Trinajstić information content (AvgIpc) is 2.46. The van der Waals surface area contributed by atoms with Crippen LogP contribution in [0.1, 0.15) is 18.6 Å². The van der Waals surface area contributed by atoms with E-state index in [1.807, 2.05) is 42.2 Å². The Morgan fingerprint density at radius 2 is 2.16 bits per heavy atom. The molecule has 0 aliphatic carbocycles. The number of hydrogen-bond donors (Lipinski definition) is 1. The van der Waals surface area contributed by atoms with E-state index in [1.165, 1.54) is 0 Å². The zero-order chi connectivity index (χ0) is 13.0. The van der Waals surface area contributed by atoms with Crippen LogP contribution in [0.15, 0.2) is 30.3 Å². The predicted octanol–water partition coefficient (Wildman–Crippen LogP) is 1.60. The number of halogens is 1. The standard InChI is InChI=1S/C14H20N2O2.ClH/c1-11(9-15)14(17)16-7-8-18-13(10-16)12-5-3-2-4-6-12;/h2-6,11,13H,7-10,15H2,1H3;1H. The smallest absolute Gasteiger partial charge is 0.226 e. The first-order chi connectivity index (χ1) is 8.72. The van der Waals surface area contributed by atoms with E-state index in [4.69, 9.17) is 10.5 Å². The van der Waals surface area contributed by atoms with Gasteiger partial charge in [-0.2, -0.15) is 0 Å². The normalized spacial score (nSPS) is 20.5. The number of benzene rings is 1. The van der Waals surface area contributed by atoms with Crippen molar-refractivity contribution in [2.75, 3.05) is 26.2 Å². The molecule has 2 unspecified atom stereocenters. The van der Waals surface area contributed by atoms with Crippen LogP contribution in [0, 0.1) is 5.92 Å². The number of hydrogen-bond acceptors (Lipinski definition) is 3. The number of carbonyl (C=O) groups excluding carboxylic acids is 1. The lowest BCUT2D eigenvalue weighted by molar-refractivity contribution is -0.142. The van der Waals surface area contributed by atoms with Gasteiger partial charge >= 0.3 is 0 Å². The molecular formula is C14H21ClN2O2. The summed E-state index contributed by atoms with van der Waals surface area (Å²) in [6.07, 6.45) is -0.0196. The minimum absolute atomic E-state index is 0. The summed E-state index contributed by atoms with van der Waals surface area (Å²) in [5, 5.41) is 0. The van der Waals surface area contributed by atoms with Crippen molar-refractivity contribution in [1.29, 1.82) is 0 Å². The number of nitrogens with zero attached hydrogens (tertiary/aromatic N) is 1. The Labute approximate surface area is 120 Å². The molecule has 1 fully saturated rings. The Kier molecular flexibility index (Phi) is 6.28. The van der Waals surface area contributed by atoms with E-state index in [-0.39, 0.29) is 30.3 Å². The highest BCUT2D eigenvalue weighted by Gasteiger charge is 2.27. The van der Waals surface area contributed by atoms with Crippen LogP contribution in [0.3, 0.4) is 0 Å². The van der Waals surface area contributed by atoms with Crippen molar-refractivity contribution in [2.45, 2.75) is 13.0 Å². The van der Waals surface area contributed by atoms with Crippen molar-refractivity contribution in [2.24, 2.45) is 11.7 Å². The van der Waals surface area contributed by atoms with Crippen molar-refractivity contribution < 1.29 is 9.53 Å². The topological polar surface area (TPSA) is 55.6 Å². The van der Waals surface area contributed by atoms with Crippen LogP contribution < -0.4 is 5.73 Å². The molecular weight excluding hydrogens is 264 g/mol. The molecule has 0 bridgehead atoms. The second kappa shape index (κ2) is 7.48. The molecule has 0 spiro atoms. The molecule has 2 N–H and O–H groups in total. The van der Waals surface area contributed by atoms with Gasteiger partial charge in [0.2, 0.25) is 5.91 Å². The van der Waals surface area contributed by atoms with Crippen LogP contribution in [0.4, 0.5) is 0 Å². The van der Waals surface area contributed by atoms with Crippen LogP contribution in [-0.2, 0) is 9.53 Å². The fourth-order valence-corrected chi connectivity index (χ4v) is 2.13.